The van der Waals surface area contributed by atoms with Crippen molar-refractivity contribution in [2.45, 2.75) is 39.2 Å². The molecule has 32 heavy (non-hydrogen) atoms. The van der Waals surface area contributed by atoms with Gasteiger partial charge in [0, 0.05) is 25.0 Å². The number of hydrogen-bond acceptors (Lipinski definition) is 5. The maximum absolute atomic E-state index is 5.22. The van der Waals surface area contributed by atoms with Crippen molar-refractivity contribution in [3.05, 3.63) is 63.9 Å². The third-order valence-corrected chi connectivity index (χ3v) is 6.09. The molecule has 1 aromatic carbocycles. The lowest BCUT2D eigenvalue weighted by Crippen LogP contribution is -2.39. The average molecular weight is 569 g/mol. The van der Waals surface area contributed by atoms with Crippen molar-refractivity contribution < 1.29 is 4.74 Å². The molecule has 3 rings (SSSR count). The van der Waals surface area contributed by atoms with Crippen molar-refractivity contribution in [1.29, 1.82) is 0 Å². The molecule has 0 aliphatic carbocycles. The summed E-state index contributed by atoms with van der Waals surface area (Å²) < 4.78 is 7.19. The summed E-state index contributed by atoms with van der Waals surface area (Å²) in [5.41, 5.74) is 1.33. The summed E-state index contributed by atoms with van der Waals surface area (Å²) in [5.74, 6) is 3.47. The van der Waals surface area contributed by atoms with Crippen LogP contribution in [0.25, 0.3) is 0 Å². The van der Waals surface area contributed by atoms with E-state index in [1.165, 1.54) is 10.4 Å². The molecule has 0 atom stereocenters. The van der Waals surface area contributed by atoms with Crippen molar-refractivity contribution in [1.82, 2.24) is 25.4 Å². The molecule has 0 aliphatic heterocycles. The maximum atomic E-state index is 5.22. The number of nitrogens with zero attached hydrogens (tertiary/aromatic N) is 4. The van der Waals surface area contributed by atoms with Gasteiger partial charge < -0.3 is 19.9 Å². The zero-order chi connectivity index (χ0) is 21.9. The lowest BCUT2D eigenvalue weighted by Gasteiger charge is -2.12. The second kappa shape index (κ2) is 14.1. The molecule has 174 valence electrons. The zero-order valence-electron chi connectivity index (χ0n) is 19.0. The summed E-state index contributed by atoms with van der Waals surface area (Å²) in [4.78, 5) is 6.09. The zero-order valence-corrected chi connectivity index (χ0v) is 22.2. The van der Waals surface area contributed by atoms with Gasteiger partial charge >= 0.3 is 0 Å². The molecule has 0 spiro atoms. The molecular formula is C23H33IN6OS. The summed E-state index contributed by atoms with van der Waals surface area (Å²) in [5, 5.41) is 17.3. The molecule has 2 N–H and O–H groups in total. The molecule has 0 fully saturated rings. The first kappa shape index (κ1) is 26.1. The van der Waals surface area contributed by atoms with Gasteiger partial charge in [0.2, 0.25) is 0 Å². The quantitative estimate of drug-likeness (QED) is 0.158. The number of aromatic nitrogens is 3. The summed E-state index contributed by atoms with van der Waals surface area (Å²) in [6.45, 7) is 4.16. The minimum atomic E-state index is 0. The fourth-order valence-corrected chi connectivity index (χ4v) is 3.83. The molecule has 3 aromatic rings. The van der Waals surface area contributed by atoms with Crippen LogP contribution in [-0.4, -0.2) is 40.9 Å². The van der Waals surface area contributed by atoms with Gasteiger partial charge in [0.1, 0.15) is 18.1 Å². The molecule has 2 heterocycles. The van der Waals surface area contributed by atoms with Crippen LogP contribution in [0.15, 0.2) is 46.8 Å². The molecule has 2 aromatic heterocycles. The Morgan fingerprint density at radius 3 is 2.50 bits per heavy atom. The Kier molecular flexibility index (Phi) is 11.5. The normalized spacial score (nSPS) is 11.2. The average Bonchev–Trinajstić information content (AvgIpc) is 3.42. The van der Waals surface area contributed by atoms with Crippen molar-refractivity contribution in [3.63, 3.8) is 0 Å². The Balaban J connectivity index is 0.00000363. The van der Waals surface area contributed by atoms with E-state index in [1.807, 2.05) is 30.7 Å². The third-order valence-electron chi connectivity index (χ3n) is 5.15. The molecule has 0 saturated heterocycles. The van der Waals surface area contributed by atoms with Gasteiger partial charge in [0.05, 0.1) is 7.11 Å². The Bertz CT molecular complexity index is 940. The number of guanidine groups is 1. The minimum Gasteiger partial charge on any atom is -0.497 e. The first-order valence-electron chi connectivity index (χ1n) is 10.7. The molecule has 9 heteroatoms. The Morgan fingerprint density at radius 1 is 1.06 bits per heavy atom. The standard InChI is InChI=1S/C23H32N6OS.HI/c1-18-27-28-22(29(18)2)17-26-23(25-15-13-21-8-6-16-31-21)24-14-5-4-7-19-9-11-20(30-3)12-10-19;/h6,8-12,16H,4-5,7,13-15,17H2,1-3H3,(H2,24,25,26);1H. The van der Waals surface area contributed by atoms with Crippen LogP contribution in [0.2, 0.25) is 0 Å². The molecule has 0 aliphatic rings. The van der Waals surface area contributed by atoms with Gasteiger partial charge in [-0.2, -0.15) is 0 Å². The van der Waals surface area contributed by atoms with Crippen LogP contribution >= 0.6 is 35.3 Å². The minimum absolute atomic E-state index is 0. The van der Waals surface area contributed by atoms with Crippen LogP contribution in [0.1, 0.15) is 34.9 Å². The number of nitrogens with one attached hydrogen (secondary N) is 2. The van der Waals surface area contributed by atoms with E-state index in [2.05, 4.69) is 50.5 Å². The third kappa shape index (κ3) is 8.42. The van der Waals surface area contributed by atoms with Gasteiger partial charge in [-0.25, -0.2) is 4.99 Å². The Labute approximate surface area is 211 Å². The monoisotopic (exact) mass is 568 g/mol. The molecule has 0 saturated carbocycles. The van der Waals surface area contributed by atoms with Gasteiger partial charge in [-0.05, 0) is 61.7 Å². The highest BCUT2D eigenvalue weighted by Crippen LogP contribution is 2.13. The molecule has 0 bridgehead atoms. The number of ether oxygens (including phenoxy) is 1. The second-order valence-electron chi connectivity index (χ2n) is 7.38. The molecular weight excluding hydrogens is 535 g/mol. The van der Waals surface area contributed by atoms with Crippen molar-refractivity contribution in [3.8, 4) is 5.75 Å². The number of thiophene rings is 1. The van der Waals surface area contributed by atoms with Crippen LogP contribution in [0, 0.1) is 6.92 Å². The van der Waals surface area contributed by atoms with E-state index in [0.717, 1.165) is 62.1 Å². The van der Waals surface area contributed by atoms with Crippen LogP contribution in [0.3, 0.4) is 0 Å². The first-order chi connectivity index (χ1) is 15.2. The van der Waals surface area contributed by atoms with Crippen molar-refractivity contribution >= 4 is 41.3 Å². The smallest absolute Gasteiger partial charge is 0.191 e. The number of aliphatic imine (C=N–C) groups is 1. The van der Waals surface area contributed by atoms with E-state index < -0.39 is 0 Å². The number of methoxy groups -OCH3 is 1. The highest BCUT2D eigenvalue weighted by atomic mass is 127. The Morgan fingerprint density at radius 2 is 1.84 bits per heavy atom. The van der Waals surface area contributed by atoms with Gasteiger partial charge in [-0.1, -0.05) is 18.2 Å². The predicted octanol–water partition coefficient (Wildman–Crippen LogP) is 4.11. The van der Waals surface area contributed by atoms with Crippen LogP contribution in [0.5, 0.6) is 5.75 Å². The summed E-state index contributed by atoms with van der Waals surface area (Å²) in [6, 6.07) is 12.6. The first-order valence-corrected chi connectivity index (χ1v) is 11.6. The van der Waals surface area contributed by atoms with Gasteiger partial charge in [-0.15, -0.1) is 45.5 Å². The van der Waals surface area contributed by atoms with Crippen LogP contribution in [0.4, 0.5) is 0 Å². The number of hydrogen-bond donors (Lipinski definition) is 2. The summed E-state index contributed by atoms with van der Waals surface area (Å²) in [7, 11) is 3.66. The van der Waals surface area contributed by atoms with Crippen molar-refractivity contribution in [2.24, 2.45) is 12.0 Å². The second-order valence-corrected chi connectivity index (χ2v) is 8.41. The number of aryl methyl sites for hydroxylation is 2. The van der Waals surface area contributed by atoms with E-state index in [1.54, 1.807) is 18.4 Å². The maximum Gasteiger partial charge on any atom is 0.191 e. The van der Waals surface area contributed by atoms with E-state index in [0.29, 0.717) is 6.54 Å². The fourth-order valence-electron chi connectivity index (χ4n) is 3.12. The van der Waals surface area contributed by atoms with E-state index in [-0.39, 0.29) is 24.0 Å². The molecule has 7 nitrogen and oxygen atoms in total. The SMILES string of the molecule is COc1ccc(CCCCNC(=NCc2nnc(C)n2C)NCCc2cccs2)cc1.I. The predicted molar refractivity (Wildman–Crippen MR) is 142 cm³/mol. The fraction of sp³-hybridized carbons (Fsp3) is 0.435. The summed E-state index contributed by atoms with van der Waals surface area (Å²) >= 11 is 1.78. The molecule has 0 radical (unpaired) electrons. The van der Waals surface area contributed by atoms with Crippen LogP contribution in [-0.2, 0) is 26.4 Å². The Hall–Kier alpha value is -2.14. The number of rotatable bonds is 11. The van der Waals surface area contributed by atoms with E-state index in [9.17, 15) is 0 Å². The number of benzene rings is 1. The summed E-state index contributed by atoms with van der Waals surface area (Å²) in [6.07, 6.45) is 4.23. The lowest BCUT2D eigenvalue weighted by molar-refractivity contribution is 0.414. The van der Waals surface area contributed by atoms with Gasteiger partial charge in [0.25, 0.3) is 0 Å². The topological polar surface area (TPSA) is 76.4 Å². The highest BCUT2D eigenvalue weighted by Gasteiger charge is 2.05. The molecule has 0 amide bonds. The molecule has 0 unspecified atom stereocenters. The van der Waals surface area contributed by atoms with E-state index >= 15 is 0 Å². The van der Waals surface area contributed by atoms with Crippen LogP contribution < -0.4 is 15.4 Å². The lowest BCUT2D eigenvalue weighted by atomic mass is 10.1. The van der Waals surface area contributed by atoms with Gasteiger partial charge in [0.15, 0.2) is 11.8 Å². The van der Waals surface area contributed by atoms with Gasteiger partial charge in [-0.3, -0.25) is 0 Å². The highest BCUT2D eigenvalue weighted by molar-refractivity contribution is 14.0. The number of unbranched alkanes of at least 4 members (excludes halogenated alkanes) is 1. The van der Waals surface area contributed by atoms with Crippen molar-refractivity contribution in [2.75, 3.05) is 20.2 Å². The largest absolute Gasteiger partial charge is 0.497 e. The van der Waals surface area contributed by atoms with E-state index in [4.69, 9.17) is 9.73 Å². The number of halogens is 1.